The molecule has 0 atom stereocenters. The van der Waals surface area contributed by atoms with Crippen LogP contribution in [0.1, 0.15) is 30.7 Å². The first kappa shape index (κ1) is 17.2. The monoisotopic (exact) mass is 341 g/mol. The van der Waals surface area contributed by atoms with Gasteiger partial charge in [-0.15, -0.1) is 0 Å². The molecule has 1 aliphatic rings. The zero-order valence-electron chi connectivity index (χ0n) is 13.5. The van der Waals surface area contributed by atoms with Crippen LogP contribution in [-0.2, 0) is 4.74 Å². The molecule has 1 saturated heterocycles. The second kappa shape index (κ2) is 7.53. The molecule has 0 aromatic carbocycles. The van der Waals surface area contributed by atoms with Crippen molar-refractivity contribution in [2.24, 2.45) is 0 Å². The molecule has 0 amide bonds. The number of rotatable bonds is 6. The molecule has 1 fully saturated rings. The minimum Gasteiger partial charge on any atom is -0.372 e. The molecular formula is C17H22F3N3O. The van der Waals surface area contributed by atoms with Crippen molar-refractivity contribution in [3.05, 3.63) is 30.1 Å². The van der Waals surface area contributed by atoms with Crippen LogP contribution in [-0.4, -0.2) is 53.9 Å². The third kappa shape index (κ3) is 4.48. The lowest BCUT2D eigenvalue weighted by Crippen LogP contribution is -2.34. The number of fused-ring (bicyclic) bond motifs is 1. The maximum Gasteiger partial charge on any atom is 0.411 e. The molecule has 0 radical (unpaired) electrons. The van der Waals surface area contributed by atoms with Crippen molar-refractivity contribution in [1.29, 1.82) is 0 Å². The van der Waals surface area contributed by atoms with Gasteiger partial charge in [-0.3, -0.25) is 0 Å². The summed E-state index contributed by atoms with van der Waals surface area (Å²) in [6, 6.07) is 4.05. The minimum absolute atomic E-state index is 0.160. The van der Waals surface area contributed by atoms with E-state index in [2.05, 4.69) is 31.9 Å². The van der Waals surface area contributed by atoms with Crippen LogP contribution in [0.15, 0.2) is 24.5 Å². The maximum atomic E-state index is 12.0. The number of pyridine rings is 1. The quantitative estimate of drug-likeness (QED) is 0.815. The van der Waals surface area contributed by atoms with Gasteiger partial charge in [-0.05, 0) is 56.0 Å². The van der Waals surface area contributed by atoms with Crippen molar-refractivity contribution in [2.45, 2.75) is 31.4 Å². The van der Waals surface area contributed by atoms with Crippen molar-refractivity contribution in [3.63, 3.8) is 0 Å². The van der Waals surface area contributed by atoms with E-state index in [0.717, 1.165) is 38.1 Å². The summed E-state index contributed by atoms with van der Waals surface area (Å²) in [6.07, 6.45) is 2.37. The van der Waals surface area contributed by atoms with Gasteiger partial charge >= 0.3 is 6.18 Å². The largest absolute Gasteiger partial charge is 0.411 e. The van der Waals surface area contributed by atoms with Crippen LogP contribution in [0.25, 0.3) is 11.0 Å². The maximum absolute atomic E-state index is 12.0. The fourth-order valence-electron chi connectivity index (χ4n) is 3.36. The van der Waals surface area contributed by atoms with Crippen LogP contribution < -0.4 is 0 Å². The molecule has 1 aliphatic heterocycles. The van der Waals surface area contributed by atoms with Gasteiger partial charge in [-0.2, -0.15) is 13.2 Å². The van der Waals surface area contributed by atoms with Crippen molar-refractivity contribution in [1.82, 2.24) is 14.9 Å². The molecule has 0 saturated carbocycles. The van der Waals surface area contributed by atoms with Crippen molar-refractivity contribution < 1.29 is 17.9 Å². The molecule has 2 aromatic rings. The van der Waals surface area contributed by atoms with E-state index in [0.29, 0.717) is 12.3 Å². The first-order valence-electron chi connectivity index (χ1n) is 8.32. The smallest absolute Gasteiger partial charge is 0.372 e. The molecule has 3 rings (SSSR count). The summed E-state index contributed by atoms with van der Waals surface area (Å²) in [4.78, 5) is 9.86. The Labute approximate surface area is 139 Å². The highest BCUT2D eigenvalue weighted by Gasteiger charge is 2.27. The average Bonchev–Trinajstić information content (AvgIpc) is 2.98. The summed E-state index contributed by atoms with van der Waals surface area (Å²) in [5.41, 5.74) is 2.25. The summed E-state index contributed by atoms with van der Waals surface area (Å²) in [6.45, 7) is 1.74. The van der Waals surface area contributed by atoms with Crippen LogP contribution >= 0.6 is 0 Å². The second-order valence-electron chi connectivity index (χ2n) is 6.28. The number of hydrogen-bond acceptors (Lipinski definition) is 3. The van der Waals surface area contributed by atoms with Crippen LogP contribution in [0.2, 0.25) is 0 Å². The molecule has 0 bridgehead atoms. The van der Waals surface area contributed by atoms with Gasteiger partial charge in [-0.1, -0.05) is 0 Å². The van der Waals surface area contributed by atoms with Gasteiger partial charge in [0.2, 0.25) is 0 Å². The van der Waals surface area contributed by atoms with Gasteiger partial charge in [-0.25, -0.2) is 4.98 Å². The van der Waals surface area contributed by atoms with Crippen LogP contribution in [0, 0.1) is 0 Å². The number of ether oxygens (including phenoxy) is 1. The van der Waals surface area contributed by atoms with E-state index in [1.807, 2.05) is 6.07 Å². The number of aromatic nitrogens is 2. The highest BCUT2D eigenvalue weighted by atomic mass is 19.4. The Kier molecular flexibility index (Phi) is 5.40. The Bertz CT molecular complexity index is 648. The average molecular weight is 341 g/mol. The van der Waals surface area contributed by atoms with Gasteiger partial charge in [0.25, 0.3) is 0 Å². The van der Waals surface area contributed by atoms with Crippen LogP contribution in [0.3, 0.4) is 0 Å². The molecule has 7 heteroatoms. The summed E-state index contributed by atoms with van der Waals surface area (Å²) < 4.78 is 40.6. The van der Waals surface area contributed by atoms with Gasteiger partial charge in [0, 0.05) is 30.9 Å². The van der Waals surface area contributed by atoms with E-state index in [4.69, 9.17) is 0 Å². The normalized spacial score (nSPS) is 17.6. The number of halogens is 3. The van der Waals surface area contributed by atoms with E-state index in [1.54, 1.807) is 6.20 Å². The molecule has 0 spiro atoms. The molecule has 132 valence electrons. The number of aromatic amines is 1. The first-order valence-corrected chi connectivity index (χ1v) is 8.32. The molecule has 24 heavy (non-hydrogen) atoms. The van der Waals surface area contributed by atoms with Gasteiger partial charge in [0.1, 0.15) is 12.3 Å². The SMILES string of the molecule is FC(F)(F)COCCCN1CCC(c2c[nH]c3ncccc23)CC1. The number of piperidine rings is 1. The summed E-state index contributed by atoms with van der Waals surface area (Å²) in [7, 11) is 0. The van der Waals surface area contributed by atoms with E-state index < -0.39 is 12.8 Å². The molecule has 1 N–H and O–H groups in total. The van der Waals surface area contributed by atoms with E-state index in [-0.39, 0.29) is 6.61 Å². The zero-order valence-corrected chi connectivity index (χ0v) is 13.5. The van der Waals surface area contributed by atoms with Gasteiger partial charge < -0.3 is 14.6 Å². The Morgan fingerprint density at radius 1 is 1.29 bits per heavy atom. The third-order valence-corrected chi connectivity index (χ3v) is 4.54. The van der Waals surface area contributed by atoms with Gasteiger partial charge in [0.05, 0.1) is 0 Å². The second-order valence-corrected chi connectivity index (χ2v) is 6.28. The topological polar surface area (TPSA) is 41.1 Å². The van der Waals surface area contributed by atoms with E-state index in [9.17, 15) is 13.2 Å². The highest BCUT2D eigenvalue weighted by molar-refractivity contribution is 5.80. The number of likely N-dealkylation sites (tertiary alicyclic amines) is 1. The van der Waals surface area contributed by atoms with Crippen LogP contribution in [0.4, 0.5) is 13.2 Å². The van der Waals surface area contributed by atoms with E-state index in [1.165, 1.54) is 10.9 Å². The van der Waals surface area contributed by atoms with Gasteiger partial charge in [0.15, 0.2) is 0 Å². The molecule has 3 heterocycles. The summed E-state index contributed by atoms with van der Waals surface area (Å²) in [5, 5.41) is 1.19. The Balaban J connectivity index is 1.41. The number of alkyl halides is 3. The third-order valence-electron chi connectivity index (χ3n) is 4.54. The van der Waals surface area contributed by atoms with Crippen molar-refractivity contribution in [2.75, 3.05) is 32.8 Å². The number of nitrogens with zero attached hydrogens (tertiary/aromatic N) is 2. The number of nitrogens with one attached hydrogen (secondary N) is 1. The highest BCUT2D eigenvalue weighted by Crippen LogP contribution is 2.32. The first-order chi connectivity index (χ1) is 11.5. The summed E-state index contributed by atoms with van der Waals surface area (Å²) in [5.74, 6) is 0.515. The van der Waals surface area contributed by atoms with E-state index >= 15 is 0 Å². The summed E-state index contributed by atoms with van der Waals surface area (Å²) >= 11 is 0. The standard InChI is InChI=1S/C17H22F3N3O/c18-17(19,20)12-24-10-2-7-23-8-4-13(5-9-23)15-11-22-16-14(15)3-1-6-21-16/h1,3,6,11,13H,2,4-5,7-10,12H2,(H,21,22). The predicted octanol–water partition coefficient (Wildman–Crippen LogP) is 3.71. The Morgan fingerprint density at radius 3 is 2.83 bits per heavy atom. The lowest BCUT2D eigenvalue weighted by atomic mass is 9.89. The van der Waals surface area contributed by atoms with Crippen molar-refractivity contribution in [3.8, 4) is 0 Å². The molecule has 0 aliphatic carbocycles. The molecular weight excluding hydrogens is 319 g/mol. The lowest BCUT2D eigenvalue weighted by Gasteiger charge is -2.31. The Morgan fingerprint density at radius 2 is 2.08 bits per heavy atom. The fourth-order valence-corrected chi connectivity index (χ4v) is 3.36. The van der Waals surface area contributed by atoms with Crippen LogP contribution in [0.5, 0.6) is 0 Å². The molecule has 4 nitrogen and oxygen atoms in total. The molecule has 0 unspecified atom stereocenters. The number of H-pyrrole nitrogens is 1. The van der Waals surface area contributed by atoms with Crippen molar-refractivity contribution >= 4 is 11.0 Å². The lowest BCUT2D eigenvalue weighted by molar-refractivity contribution is -0.174. The molecule has 2 aromatic heterocycles. The Hall–Kier alpha value is -1.60. The predicted molar refractivity (Wildman–Crippen MR) is 86.0 cm³/mol. The zero-order chi connectivity index (χ0) is 17.0. The fraction of sp³-hybridized carbons (Fsp3) is 0.588. The number of hydrogen-bond donors (Lipinski definition) is 1. The minimum atomic E-state index is -4.23.